The molecule has 4 nitrogen and oxygen atoms in total. The van der Waals surface area contributed by atoms with E-state index in [1.54, 1.807) is 0 Å². The Balaban J connectivity index is 1.91. The highest BCUT2D eigenvalue weighted by atomic mass is 16.2. The molecule has 2 unspecified atom stereocenters. The SMILES string of the molecule is CCc1cccc(NC(=O)CN2CC(C)NCC2C)c1. The number of nitrogens with one attached hydrogen (secondary N) is 2. The van der Waals surface area contributed by atoms with Crippen LogP contribution in [0.2, 0.25) is 0 Å². The monoisotopic (exact) mass is 275 g/mol. The molecule has 0 radical (unpaired) electrons. The summed E-state index contributed by atoms with van der Waals surface area (Å²) in [5.41, 5.74) is 2.14. The van der Waals surface area contributed by atoms with Gasteiger partial charge in [-0.15, -0.1) is 0 Å². The Hall–Kier alpha value is -1.39. The molecule has 20 heavy (non-hydrogen) atoms. The van der Waals surface area contributed by atoms with E-state index in [0.29, 0.717) is 18.6 Å². The smallest absolute Gasteiger partial charge is 0.238 e. The molecule has 4 heteroatoms. The van der Waals surface area contributed by atoms with Gasteiger partial charge in [0, 0.05) is 30.9 Å². The quantitative estimate of drug-likeness (QED) is 0.881. The lowest BCUT2D eigenvalue weighted by Crippen LogP contribution is -2.55. The number of hydrogen-bond donors (Lipinski definition) is 2. The number of carbonyl (C=O) groups excluding carboxylic acids is 1. The molecule has 1 aliphatic heterocycles. The third kappa shape index (κ3) is 4.05. The van der Waals surface area contributed by atoms with E-state index in [9.17, 15) is 4.79 Å². The molecule has 1 amide bonds. The van der Waals surface area contributed by atoms with E-state index in [1.807, 2.05) is 18.2 Å². The summed E-state index contributed by atoms with van der Waals surface area (Å²) < 4.78 is 0. The van der Waals surface area contributed by atoms with Crippen LogP contribution in [-0.4, -0.2) is 42.5 Å². The summed E-state index contributed by atoms with van der Waals surface area (Å²) in [5.74, 6) is 0.0687. The first-order chi connectivity index (χ1) is 9.58. The molecule has 0 aliphatic carbocycles. The number of piperazine rings is 1. The predicted octanol–water partition coefficient (Wildman–Crippen LogP) is 1.87. The number of amides is 1. The lowest BCUT2D eigenvalue weighted by atomic mass is 10.1. The van der Waals surface area contributed by atoms with E-state index in [4.69, 9.17) is 0 Å². The fourth-order valence-corrected chi connectivity index (χ4v) is 2.57. The molecule has 0 aromatic heterocycles. The maximum atomic E-state index is 12.2. The Kier molecular flexibility index (Phi) is 5.15. The van der Waals surface area contributed by atoms with Crippen LogP contribution < -0.4 is 10.6 Å². The van der Waals surface area contributed by atoms with Crippen LogP contribution in [0.4, 0.5) is 5.69 Å². The van der Waals surface area contributed by atoms with Gasteiger partial charge in [0.1, 0.15) is 0 Å². The number of nitrogens with zero attached hydrogens (tertiary/aromatic N) is 1. The van der Waals surface area contributed by atoms with Crippen LogP contribution in [0.15, 0.2) is 24.3 Å². The molecule has 0 bridgehead atoms. The summed E-state index contributed by atoms with van der Waals surface area (Å²) >= 11 is 0. The van der Waals surface area contributed by atoms with E-state index in [2.05, 4.69) is 42.4 Å². The summed E-state index contributed by atoms with van der Waals surface area (Å²) in [6.45, 7) is 8.75. The van der Waals surface area contributed by atoms with Crippen molar-refractivity contribution in [3.05, 3.63) is 29.8 Å². The maximum absolute atomic E-state index is 12.2. The molecule has 110 valence electrons. The minimum atomic E-state index is 0.0687. The zero-order valence-electron chi connectivity index (χ0n) is 12.6. The number of rotatable bonds is 4. The lowest BCUT2D eigenvalue weighted by Gasteiger charge is -2.36. The van der Waals surface area contributed by atoms with Crippen molar-refractivity contribution in [2.24, 2.45) is 0 Å². The summed E-state index contributed by atoms with van der Waals surface area (Å²) in [7, 11) is 0. The Labute approximate surface area is 121 Å². The summed E-state index contributed by atoms with van der Waals surface area (Å²) in [4.78, 5) is 14.4. The number of anilines is 1. The molecule has 1 aromatic rings. The number of hydrogen-bond acceptors (Lipinski definition) is 3. The van der Waals surface area contributed by atoms with Crippen molar-refractivity contribution in [2.45, 2.75) is 39.3 Å². The van der Waals surface area contributed by atoms with E-state index in [0.717, 1.165) is 25.2 Å². The molecule has 1 fully saturated rings. The van der Waals surface area contributed by atoms with Gasteiger partial charge < -0.3 is 10.6 Å². The van der Waals surface area contributed by atoms with E-state index >= 15 is 0 Å². The topological polar surface area (TPSA) is 44.4 Å². The average Bonchev–Trinajstić information content (AvgIpc) is 2.43. The molecular weight excluding hydrogens is 250 g/mol. The van der Waals surface area contributed by atoms with Crippen LogP contribution in [0.1, 0.15) is 26.3 Å². The Morgan fingerprint density at radius 3 is 3.00 bits per heavy atom. The number of benzene rings is 1. The predicted molar refractivity (Wildman–Crippen MR) is 82.9 cm³/mol. The molecule has 0 saturated carbocycles. The molecule has 1 saturated heterocycles. The van der Waals surface area contributed by atoms with Gasteiger partial charge in [-0.1, -0.05) is 19.1 Å². The fraction of sp³-hybridized carbons (Fsp3) is 0.562. The molecular formula is C16H25N3O. The largest absolute Gasteiger partial charge is 0.325 e. The van der Waals surface area contributed by atoms with Crippen molar-refractivity contribution in [1.82, 2.24) is 10.2 Å². The minimum Gasteiger partial charge on any atom is -0.325 e. The second-order valence-electron chi connectivity index (χ2n) is 5.69. The summed E-state index contributed by atoms with van der Waals surface area (Å²) in [6.07, 6.45) is 0.982. The van der Waals surface area contributed by atoms with Gasteiger partial charge in [0.25, 0.3) is 0 Å². The van der Waals surface area contributed by atoms with Gasteiger partial charge in [0.2, 0.25) is 5.91 Å². The zero-order valence-corrected chi connectivity index (χ0v) is 12.6. The zero-order chi connectivity index (χ0) is 14.5. The lowest BCUT2D eigenvalue weighted by molar-refractivity contribution is -0.118. The van der Waals surface area contributed by atoms with Crippen LogP contribution in [0.25, 0.3) is 0 Å². The Morgan fingerprint density at radius 2 is 2.25 bits per heavy atom. The Morgan fingerprint density at radius 1 is 1.45 bits per heavy atom. The first-order valence-electron chi connectivity index (χ1n) is 7.44. The second-order valence-corrected chi connectivity index (χ2v) is 5.69. The molecule has 2 N–H and O–H groups in total. The molecule has 1 aliphatic rings. The van der Waals surface area contributed by atoms with Crippen molar-refractivity contribution in [1.29, 1.82) is 0 Å². The van der Waals surface area contributed by atoms with Crippen molar-refractivity contribution in [3.63, 3.8) is 0 Å². The van der Waals surface area contributed by atoms with Gasteiger partial charge in [0.05, 0.1) is 6.54 Å². The molecule has 1 aromatic carbocycles. The van der Waals surface area contributed by atoms with Crippen molar-refractivity contribution in [3.8, 4) is 0 Å². The second kappa shape index (κ2) is 6.86. The summed E-state index contributed by atoms with van der Waals surface area (Å²) in [6, 6.07) is 8.91. The van der Waals surface area contributed by atoms with Gasteiger partial charge in [-0.3, -0.25) is 9.69 Å². The average molecular weight is 275 g/mol. The van der Waals surface area contributed by atoms with Gasteiger partial charge in [0.15, 0.2) is 0 Å². The van der Waals surface area contributed by atoms with Crippen LogP contribution in [0.5, 0.6) is 0 Å². The normalized spacial score (nSPS) is 23.6. The fourth-order valence-electron chi connectivity index (χ4n) is 2.57. The van der Waals surface area contributed by atoms with Gasteiger partial charge in [-0.2, -0.15) is 0 Å². The molecule has 2 rings (SSSR count). The highest BCUT2D eigenvalue weighted by Crippen LogP contribution is 2.12. The standard InChI is InChI=1S/C16H25N3O/c1-4-14-6-5-7-15(8-14)18-16(20)11-19-10-12(2)17-9-13(19)3/h5-8,12-13,17H,4,9-11H2,1-3H3,(H,18,20). The third-order valence-corrected chi connectivity index (χ3v) is 3.86. The summed E-state index contributed by atoms with van der Waals surface area (Å²) in [5, 5.41) is 6.42. The molecule has 0 spiro atoms. The number of aryl methyl sites for hydroxylation is 1. The highest BCUT2D eigenvalue weighted by Gasteiger charge is 2.23. The Bertz CT molecular complexity index is 461. The maximum Gasteiger partial charge on any atom is 0.238 e. The van der Waals surface area contributed by atoms with Crippen LogP contribution in [0.3, 0.4) is 0 Å². The third-order valence-electron chi connectivity index (χ3n) is 3.86. The van der Waals surface area contributed by atoms with Gasteiger partial charge in [-0.25, -0.2) is 0 Å². The first kappa shape index (κ1) is 15.0. The number of carbonyl (C=O) groups is 1. The van der Waals surface area contributed by atoms with Crippen molar-refractivity contribution in [2.75, 3.05) is 25.0 Å². The van der Waals surface area contributed by atoms with Crippen LogP contribution >= 0.6 is 0 Å². The van der Waals surface area contributed by atoms with Crippen molar-refractivity contribution < 1.29 is 4.79 Å². The van der Waals surface area contributed by atoms with Gasteiger partial charge >= 0.3 is 0 Å². The minimum absolute atomic E-state index is 0.0687. The molecule has 1 heterocycles. The van der Waals surface area contributed by atoms with Crippen LogP contribution in [0, 0.1) is 0 Å². The van der Waals surface area contributed by atoms with E-state index in [1.165, 1.54) is 5.56 Å². The first-order valence-corrected chi connectivity index (χ1v) is 7.44. The van der Waals surface area contributed by atoms with Gasteiger partial charge in [-0.05, 0) is 38.0 Å². The van der Waals surface area contributed by atoms with Crippen LogP contribution in [-0.2, 0) is 11.2 Å². The molecule has 2 atom stereocenters. The van der Waals surface area contributed by atoms with E-state index < -0.39 is 0 Å². The van der Waals surface area contributed by atoms with E-state index in [-0.39, 0.29) is 5.91 Å². The highest BCUT2D eigenvalue weighted by molar-refractivity contribution is 5.92. The van der Waals surface area contributed by atoms with Crippen molar-refractivity contribution >= 4 is 11.6 Å².